The molecule has 1 fully saturated rings. The average Bonchev–Trinajstić information content (AvgIpc) is 3.20. The van der Waals surface area contributed by atoms with Gasteiger partial charge in [-0.25, -0.2) is 0 Å². The van der Waals surface area contributed by atoms with Crippen molar-refractivity contribution in [3.05, 3.63) is 92.8 Å². The van der Waals surface area contributed by atoms with Gasteiger partial charge in [-0.3, -0.25) is 15.0 Å². The van der Waals surface area contributed by atoms with E-state index < -0.39 is 33.9 Å². The maximum atomic E-state index is 13.2. The first-order valence-electron chi connectivity index (χ1n) is 11.7. The standard InChI is InChI=1S/C26H24F3N5O3/c27-26(28,29)20-8-6-19(7-9-20)21-23(32-10-11-33-12-14-37-15-13-33)24(34(35)36)22(25(21,16-30)17-31)18-4-2-1-3-5-18/h1-9,21-22,32H,10-15H2/t21-,22-/m0/s1. The van der Waals surface area contributed by atoms with Crippen LogP contribution in [0.1, 0.15) is 28.5 Å². The number of alkyl halides is 3. The predicted molar refractivity (Wildman–Crippen MR) is 126 cm³/mol. The SMILES string of the molecule is N#CC1(C#N)[C@@H](c2ccc(C(F)(F)F)cc2)C(NCCN2CCOCC2)=C([N+](=O)[O-])[C@@H]1c1ccccc1. The van der Waals surface area contributed by atoms with Gasteiger partial charge in [-0.1, -0.05) is 42.5 Å². The lowest BCUT2D eigenvalue weighted by Crippen LogP contribution is -2.40. The molecular formula is C26H24F3N5O3. The third-order valence-electron chi connectivity index (χ3n) is 6.87. The van der Waals surface area contributed by atoms with E-state index in [4.69, 9.17) is 4.74 Å². The highest BCUT2D eigenvalue weighted by Crippen LogP contribution is 2.59. The van der Waals surface area contributed by atoms with Crippen LogP contribution in [0.5, 0.6) is 0 Å². The van der Waals surface area contributed by atoms with Gasteiger partial charge in [-0.05, 0) is 23.3 Å². The molecule has 0 aromatic heterocycles. The Morgan fingerprint density at radius 3 is 2.16 bits per heavy atom. The van der Waals surface area contributed by atoms with Crippen molar-refractivity contribution in [2.45, 2.75) is 18.0 Å². The zero-order valence-electron chi connectivity index (χ0n) is 19.7. The fourth-order valence-corrected chi connectivity index (χ4v) is 5.13. The van der Waals surface area contributed by atoms with Crippen molar-refractivity contribution in [1.29, 1.82) is 10.5 Å². The Morgan fingerprint density at radius 2 is 1.62 bits per heavy atom. The number of nitrogens with zero attached hydrogens (tertiary/aromatic N) is 4. The van der Waals surface area contributed by atoms with Crippen LogP contribution in [0.15, 0.2) is 66.0 Å². The van der Waals surface area contributed by atoms with Gasteiger partial charge in [0.25, 0.3) is 5.70 Å². The third-order valence-corrected chi connectivity index (χ3v) is 6.87. The summed E-state index contributed by atoms with van der Waals surface area (Å²) in [7, 11) is 0. The lowest BCUT2D eigenvalue weighted by molar-refractivity contribution is -0.431. The van der Waals surface area contributed by atoms with E-state index in [1.165, 1.54) is 12.1 Å². The molecule has 1 heterocycles. The Hall–Kier alpha value is -3.93. The van der Waals surface area contributed by atoms with Gasteiger partial charge >= 0.3 is 6.18 Å². The van der Waals surface area contributed by atoms with Crippen molar-refractivity contribution in [3.8, 4) is 12.1 Å². The van der Waals surface area contributed by atoms with Crippen LogP contribution in [0.25, 0.3) is 0 Å². The van der Waals surface area contributed by atoms with E-state index in [1.807, 2.05) is 12.1 Å². The smallest absolute Gasteiger partial charge is 0.381 e. The number of allylic oxidation sites excluding steroid dienone is 2. The summed E-state index contributed by atoms with van der Waals surface area (Å²) in [4.78, 5) is 14.0. The highest BCUT2D eigenvalue weighted by molar-refractivity contribution is 5.53. The molecule has 0 radical (unpaired) electrons. The minimum atomic E-state index is -4.58. The van der Waals surface area contributed by atoms with Crippen molar-refractivity contribution in [3.63, 3.8) is 0 Å². The van der Waals surface area contributed by atoms with Gasteiger partial charge in [-0.2, -0.15) is 23.7 Å². The van der Waals surface area contributed by atoms with Crippen LogP contribution < -0.4 is 5.32 Å². The van der Waals surface area contributed by atoms with Gasteiger partial charge in [0, 0.05) is 26.2 Å². The topological polar surface area (TPSA) is 115 Å². The van der Waals surface area contributed by atoms with Gasteiger partial charge < -0.3 is 10.1 Å². The zero-order valence-corrected chi connectivity index (χ0v) is 19.7. The summed E-state index contributed by atoms with van der Waals surface area (Å²) < 4.78 is 45.0. The first kappa shape index (κ1) is 26.1. The normalized spacial score (nSPS) is 21.8. The molecule has 1 aliphatic carbocycles. The molecular weight excluding hydrogens is 487 g/mol. The van der Waals surface area contributed by atoms with Crippen molar-refractivity contribution < 1.29 is 22.8 Å². The maximum absolute atomic E-state index is 13.2. The molecule has 0 saturated carbocycles. The summed E-state index contributed by atoms with van der Waals surface area (Å²) in [6, 6.07) is 16.4. The summed E-state index contributed by atoms with van der Waals surface area (Å²) in [6.45, 7) is 3.33. The van der Waals surface area contributed by atoms with Crippen LogP contribution >= 0.6 is 0 Å². The molecule has 0 spiro atoms. The maximum Gasteiger partial charge on any atom is 0.416 e. The Bertz CT molecular complexity index is 1230. The second-order valence-electron chi connectivity index (χ2n) is 8.93. The second-order valence-corrected chi connectivity index (χ2v) is 8.93. The van der Waals surface area contributed by atoms with E-state index >= 15 is 0 Å². The molecule has 2 atom stereocenters. The highest BCUT2D eigenvalue weighted by atomic mass is 19.4. The monoisotopic (exact) mass is 511 g/mol. The quantitative estimate of drug-likeness (QED) is 0.441. The number of ether oxygens (including phenoxy) is 1. The summed E-state index contributed by atoms with van der Waals surface area (Å²) in [5.41, 5.74) is -2.52. The Balaban J connectivity index is 1.83. The Labute approximate surface area is 211 Å². The van der Waals surface area contributed by atoms with E-state index in [1.54, 1.807) is 30.3 Å². The number of nitriles is 2. The molecule has 1 saturated heterocycles. The largest absolute Gasteiger partial charge is 0.416 e. The third kappa shape index (κ3) is 5.01. The summed E-state index contributed by atoms with van der Waals surface area (Å²) in [5.74, 6) is -2.39. The fraction of sp³-hybridized carbons (Fsp3) is 0.385. The molecule has 1 aliphatic heterocycles. The number of nitrogens with one attached hydrogen (secondary N) is 1. The molecule has 37 heavy (non-hydrogen) atoms. The van der Waals surface area contributed by atoms with E-state index in [-0.39, 0.29) is 23.5 Å². The van der Waals surface area contributed by atoms with Gasteiger partial charge in [-0.15, -0.1) is 0 Å². The molecule has 11 heteroatoms. The van der Waals surface area contributed by atoms with E-state index in [0.717, 1.165) is 12.1 Å². The second kappa shape index (κ2) is 10.6. The number of rotatable bonds is 7. The number of hydrogen-bond donors (Lipinski definition) is 1. The first-order valence-corrected chi connectivity index (χ1v) is 11.7. The zero-order chi connectivity index (χ0) is 26.6. The van der Waals surface area contributed by atoms with Crippen LogP contribution in [-0.4, -0.2) is 49.2 Å². The highest BCUT2D eigenvalue weighted by Gasteiger charge is 2.62. The molecule has 2 aliphatic rings. The minimum absolute atomic E-state index is 0.0648. The molecule has 2 aromatic rings. The molecule has 0 unspecified atom stereocenters. The molecule has 4 rings (SSSR count). The number of hydrogen-bond acceptors (Lipinski definition) is 7. The van der Waals surface area contributed by atoms with Crippen molar-refractivity contribution in [1.82, 2.24) is 10.2 Å². The van der Waals surface area contributed by atoms with Crippen molar-refractivity contribution >= 4 is 0 Å². The van der Waals surface area contributed by atoms with Crippen LogP contribution in [0, 0.1) is 38.2 Å². The van der Waals surface area contributed by atoms with Crippen LogP contribution in [-0.2, 0) is 10.9 Å². The Kier molecular flexibility index (Phi) is 7.48. The first-order chi connectivity index (χ1) is 17.7. The molecule has 192 valence electrons. The molecule has 1 N–H and O–H groups in total. The van der Waals surface area contributed by atoms with Crippen LogP contribution in [0.4, 0.5) is 13.2 Å². The molecule has 0 bridgehead atoms. The van der Waals surface area contributed by atoms with Gasteiger partial charge in [0.1, 0.15) is 5.92 Å². The van der Waals surface area contributed by atoms with Crippen molar-refractivity contribution in [2.24, 2.45) is 5.41 Å². The van der Waals surface area contributed by atoms with Crippen molar-refractivity contribution in [2.75, 3.05) is 39.4 Å². The number of benzene rings is 2. The summed E-state index contributed by atoms with van der Waals surface area (Å²) in [5, 5.41) is 36.3. The number of morpholine rings is 1. The van der Waals surface area contributed by atoms with E-state index in [0.29, 0.717) is 38.4 Å². The number of nitro groups is 1. The fourth-order valence-electron chi connectivity index (χ4n) is 5.13. The minimum Gasteiger partial charge on any atom is -0.381 e. The molecule has 0 amide bonds. The van der Waals surface area contributed by atoms with E-state index in [2.05, 4.69) is 10.2 Å². The van der Waals surface area contributed by atoms with Gasteiger partial charge in [0.05, 0.1) is 47.5 Å². The Morgan fingerprint density at radius 1 is 1.03 bits per heavy atom. The summed E-state index contributed by atoms with van der Waals surface area (Å²) in [6.07, 6.45) is -4.58. The number of halogens is 3. The molecule has 8 nitrogen and oxygen atoms in total. The lowest BCUT2D eigenvalue weighted by atomic mass is 9.67. The summed E-state index contributed by atoms with van der Waals surface area (Å²) >= 11 is 0. The van der Waals surface area contributed by atoms with Gasteiger partial charge in [0.2, 0.25) is 0 Å². The van der Waals surface area contributed by atoms with Crippen LogP contribution in [0.2, 0.25) is 0 Å². The predicted octanol–water partition coefficient (Wildman–Crippen LogP) is 4.03. The lowest BCUT2D eigenvalue weighted by Gasteiger charge is -2.29. The van der Waals surface area contributed by atoms with E-state index in [9.17, 15) is 33.8 Å². The average molecular weight is 512 g/mol. The van der Waals surface area contributed by atoms with Gasteiger partial charge in [0.15, 0.2) is 5.41 Å². The van der Waals surface area contributed by atoms with Crippen LogP contribution in [0.3, 0.4) is 0 Å². The molecule has 2 aromatic carbocycles.